The summed E-state index contributed by atoms with van der Waals surface area (Å²) in [5.41, 5.74) is 1.23. The molecule has 3 aliphatic heterocycles. The van der Waals surface area contributed by atoms with E-state index in [1.54, 1.807) is 0 Å². The van der Waals surface area contributed by atoms with Gasteiger partial charge in [0.25, 0.3) is 0 Å². The third-order valence-electron chi connectivity index (χ3n) is 5.69. The van der Waals surface area contributed by atoms with E-state index in [2.05, 4.69) is 29.6 Å². The first-order valence-electron chi connectivity index (χ1n) is 8.55. The maximum Gasteiger partial charge on any atom is 0.408 e. The van der Waals surface area contributed by atoms with Crippen molar-refractivity contribution < 1.29 is 14.3 Å². The minimum Gasteiger partial charge on any atom is -0.433 e. The van der Waals surface area contributed by atoms with Crippen LogP contribution in [0, 0.1) is 5.92 Å². The Morgan fingerprint density at radius 2 is 1.46 bits per heavy atom. The van der Waals surface area contributed by atoms with Crippen LogP contribution in [0.4, 0.5) is 4.79 Å². The van der Waals surface area contributed by atoms with Gasteiger partial charge in [0.1, 0.15) is 0 Å². The SMILES string of the molecule is O=C1N[C@H]2[C@H]([C@@H]3CC[C@H]2O3)C(c2ccccc2)(c2ccccc2)O1. The lowest BCUT2D eigenvalue weighted by molar-refractivity contribution is -0.0594. The number of rotatable bonds is 2. The van der Waals surface area contributed by atoms with Gasteiger partial charge in [-0.3, -0.25) is 0 Å². The molecule has 1 N–H and O–H groups in total. The second kappa shape index (κ2) is 5.08. The fraction of sp³-hybridized carbons (Fsp3) is 0.350. The third kappa shape index (κ3) is 1.80. The van der Waals surface area contributed by atoms with Crippen molar-refractivity contribution >= 4 is 6.09 Å². The lowest BCUT2D eigenvalue weighted by Crippen LogP contribution is -2.62. The Balaban J connectivity index is 1.75. The van der Waals surface area contributed by atoms with E-state index in [0.29, 0.717) is 0 Å². The summed E-state index contributed by atoms with van der Waals surface area (Å²) in [7, 11) is 0. The Hall–Kier alpha value is -2.33. The van der Waals surface area contributed by atoms with Crippen LogP contribution in [0.3, 0.4) is 0 Å². The molecule has 0 aliphatic carbocycles. The zero-order chi connectivity index (χ0) is 16.1. The molecule has 4 atom stereocenters. The minimum absolute atomic E-state index is 0.00501. The highest BCUT2D eigenvalue weighted by atomic mass is 16.6. The summed E-state index contributed by atoms with van der Waals surface area (Å²) in [6.45, 7) is 0. The zero-order valence-electron chi connectivity index (χ0n) is 13.2. The van der Waals surface area contributed by atoms with Gasteiger partial charge < -0.3 is 14.8 Å². The van der Waals surface area contributed by atoms with Gasteiger partial charge >= 0.3 is 6.09 Å². The molecule has 2 aromatic carbocycles. The van der Waals surface area contributed by atoms with Crippen LogP contribution in [0.1, 0.15) is 24.0 Å². The monoisotopic (exact) mass is 321 g/mol. The highest BCUT2D eigenvalue weighted by molar-refractivity contribution is 5.71. The second-order valence-electron chi connectivity index (χ2n) is 6.84. The predicted octanol–water partition coefficient (Wildman–Crippen LogP) is 3.22. The number of carbonyl (C=O) groups is 1. The lowest BCUT2D eigenvalue weighted by Gasteiger charge is -2.48. The molecule has 2 aromatic rings. The number of fused-ring (bicyclic) bond motifs is 5. The van der Waals surface area contributed by atoms with Crippen molar-refractivity contribution in [3.63, 3.8) is 0 Å². The van der Waals surface area contributed by atoms with Crippen LogP contribution < -0.4 is 5.32 Å². The largest absolute Gasteiger partial charge is 0.433 e. The average Bonchev–Trinajstić information content (AvgIpc) is 3.24. The summed E-state index contributed by atoms with van der Waals surface area (Å²) in [4.78, 5) is 12.5. The topological polar surface area (TPSA) is 47.6 Å². The van der Waals surface area contributed by atoms with E-state index in [4.69, 9.17) is 9.47 Å². The highest BCUT2D eigenvalue weighted by Crippen LogP contribution is 2.54. The Morgan fingerprint density at radius 3 is 2.08 bits per heavy atom. The number of amides is 1. The number of alkyl carbamates (subject to hydrolysis) is 1. The Kier molecular flexibility index (Phi) is 2.98. The maximum absolute atomic E-state index is 12.5. The minimum atomic E-state index is -0.796. The first kappa shape index (κ1) is 14.1. The van der Waals surface area contributed by atoms with Gasteiger partial charge in [-0.1, -0.05) is 60.7 Å². The molecular formula is C20H19NO3. The maximum atomic E-state index is 12.5. The van der Waals surface area contributed by atoms with E-state index in [9.17, 15) is 4.79 Å². The van der Waals surface area contributed by atoms with Crippen molar-refractivity contribution in [2.45, 2.75) is 36.7 Å². The quantitative estimate of drug-likeness (QED) is 0.924. The van der Waals surface area contributed by atoms with Crippen molar-refractivity contribution in [1.82, 2.24) is 5.32 Å². The van der Waals surface area contributed by atoms with E-state index >= 15 is 0 Å². The molecule has 0 radical (unpaired) electrons. The van der Waals surface area contributed by atoms with Gasteiger partial charge in [-0.05, 0) is 12.8 Å². The van der Waals surface area contributed by atoms with Gasteiger partial charge in [-0.2, -0.15) is 0 Å². The number of hydrogen-bond donors (Lipinski definition) is 1. The molecule has 3 heterocycles. The van der Waals surface area contributed by atoms with E-state index in [-0.39, 0.29) is 30.3 Å². The molecule has 3 saturated heterocycles. The zero-order valence-corrected chi connectivity index (χ0v) is 13.2. The normalized spacial score (nSPS) is 32.8. The van der Waals surface area contributed by atoms with Crippen LogP contribution >= 0.6 is 0 Å². The summed E-state index contributed by atoms with van der Waals surface area (Å²) in [5, 5.41) is 3.02. The van der Waals surface area contributed by atoms with Crippen LogP contribution in [0.5, 0.6) is 0 Å². The van der Waals surface area contributed by atoms with E-state index in [0.717, 1.165) is 24.0 Å². The van der Waals surface area contributed by atoms with Crippen molar-refractivity contribution in [1.29, 1.82) is 0 Å². The van der Waals surface area contributed by atoms with Crippen molar-refractivity contribution in [2.24, 2.45) is 5.92 Å². The fourth-order valence-corrected chi connectivity index (χ4v) is 4.80. The fourth-order valence-electron chi connectivity index (χ4n) is 4.80. The van der Waals surface area contributed by atoms with Gasteiger partial charge in [0.05, 0.1) is 24.2 Å². The van der Waals surface area contributed by atoms with E-state index < -0.39 is 5.60 Å². The number of benzene rings is 2. The van der Waals surface area contributed by atoms with Crippen LogP contribution in [-0.2, 0) is 15.1 Å². The molecule has 1 amide bonds. The van der Waals surface area contributed by atoms with Crippen LogP contribution in [-0.4, -0.2) is 24.3 Å². The number of carbonyl (C=O) groups excluding carboxylic acids is 1. The molecule has 2 bridgehead atoms. The molecule has 5 rings (SSSR count). The first-order valence-corrected chi connectivity index (χ1v) is 8.55. The summed E-state index contributed by atoms with van der Waals surface area (Å²) in [6, 6.07) is 20.2. The van der Waals surface area contributed by atoms with Crippen LogP contribution in [0.2, 0.25) is 0 Å². The summed E-state index contributed by atoms with van der Waals surface area (Å²) in [5.74, 6) is 0.0822. The number of nitrogens with one attached hydrogen (secondary N) is 1. The molecule has 4 heteroatoms. The molecule has 3 fully saturated rings. The predicted molar refractivity (Wildman–Crippen MR) is 88.5 cm³/mol. The Bertz CT molecular complexity index is 721. The average molecular weight is 321 g/mol. The van der Waals surface area contributed by atoms with Crippen molar-refractivity contribution in [3.05, 3.63) is 71.8 Å². The third-order valence-corrected chi connectivity index (χ3v) is 5.69. The Morgan fingerprint density at radius 1 is 0.875 bits per heavy atom. The first-order chi connectivity index (χ1) is 11.8. The Labute approximate surface area is 140 Å². The molecule has 122 valence electrons. The van der Waals surface area contributed by atoms with E-state index in [1.165, 1.54) is 0 Å². The van der Waals surface area contributed by atoms with Gasteiger partial charge in [0.2, 0.25) is 0 Å². The van der Waals surface area contributed by atoms with Gasteiger partial charge in [-0.25, -0.2) is 4.79 Å². The second-order valence-corrected chi connectivity index (χ2v) is 6.84. The molecule has 24 heavy (non-hydrogen) atoms. The summed E-state index contributed by atoms with van der Waals surface area (Å²) < 4.78 is 12.3. The highest BCUT2D eigenvalue weighted by Gasteiger charge is 2.64. The van der Waals surface area contributed by atoms with Gasteiger partial charge in [0, 0.05) is 11.1 Å². The number of cyclic esters (lactones) is 1. The molecule has 0 spiro atoms. The van der Waals surface area contributed by atoms with Gasteiger partial charge in [0.15, 0.2) is 5.60 Å². The molecule has 0 saturated carbocycles. The smallest absolute Gasteiger partial charge is 0.408 e. The molecule has 3 aliphatic rings. The number of hydrogen-bond acceptors (Lipinski definition) is 3. The summed E-state index contributed by atoms with van der Waals surface area (Å²) >= 11 is 0. The van der Waals surface area contributed by atoms with Crippen molar-refractivity contribution in [3.8, 4) is 0 Å². The number of ether oxygens (including phenoxy) is 2. The molecule has 4 nitrogen and oxygen atoms in total. The molecular weight excluding hydrogens is 302 g/mol. The van der Waals surface area contributed by atoms with Gasteiger partial charge in [-0.15, -0.1) is 0 Å². The molecule has 0 aromatic heterocycles. The van der Waals surface area contributed by atoms with Crippen LogP contribution in [0.25, 0.3) is 0 Å². The lowest BCUT2D eigenvalue weighted by atomic mass is 9.66. The molecule has 0 unspecified atom stereocenters. The van der Waals surface area contributed by atoms with Crippen molar-refractivity contribution in [2.75, 3.05) is 0 Å². The summed E-state index contributed by atoms with van der Waals surface area (Å²) in [6.07, 6.45) is 1.87. The van der Waals surface area contributed by atoms with Crippen LogP contribution in [0.15, 0.2) is 60.7 Å². The standard InChI is InChI=1S/C20H19NO3/c22-19-21-18-16-12-11-15(23-16)17(18)20(24-19,13-7-3-1-4-8-13)14-9-5-2-6-10-14/h1-10,15-18H,11-12H2,(H,21,22)/t15-,16+,17-,18+/m0/s1. The van der Waals surface area contributed by atoms with E-state index in [1.807, 2.05) is 36.4 Å².